The highest BCUT2D eigenvalue weighted by Gasteiger charge is 2.24. The number of rotatable bonds is 5. The lowest BCUT2D eigenvalue weighted by molar-refractivity contribution is 0.415. The number of aromatic nitrogens is 3. The molecular formula is C35H27N3O3. The van der Waals surface area contributed by atoms with Gasteiger partial charge in [0.2, 0.25) is 0 Å². The van der Waals surface area contributed by atoms with Crippen molar-refractivity contribution in [2.75, 3.05) is 7.11 Å². The van der Waals surface area contributed by atoms with Gasteiger partial charge in [-0.05, 0) is 77.2 Å². The summed E-state index contributed by atoms with van der Waals surface area (Å²) in [5, 5.41) is 8.86. The van der Waals surface area contributed by atoms with E-state index in [1.807, 2.05) is 96.5 Å². The molecule has 3 aromatic heterocycles. The standard InChI is InChI=1S/C35H27N3O3/c1-4-26-32(23-14-17-25(40-3)18-15-23)31-21(2)37-38(24-11-6-5-7-12-24)34(31)36-33(26)29-20-28-27-13-9-8-10-22(27)16-19-30(28)41-35(29)39/h5-20H,4H2,1-3H3. The number of ether oxygens (including phenoxy) is 1. The minimum atomic E-state index is -0.419. The Morgan fingerprint density at radius 3 is 2.39 bits per heavy atom. The largest absolute Gasteiger partial charge is 0.497 e. The summed E-state index contributed by atoms with van der Waals surface area (Å²) in [7, 11) is 1.66. The van der Waals surface area contributed by atoms with E-state index in [9.17, 15) is 4.79 Å². The molecule has 0 aliphatic rings. The fraction of sp³-hybridized carbons (Fsp3) is 0.114. The second-order valence-electron chi connectivity index (χ2n) is 10.1. The van der Waals surface area contributed by atoms with Gasteiger partial charge in [-0.15, -0.1) is 0 Å². The summed E-state index contributed by atoms with van der Waals surface area (Å²) >= 11 is 0. The van der Waals surface area contributed by atoms with Gasteiger partial charge in [0.15, 0.2) is 5.65 Å². The first-order valence-electron chi connectivity index (χ1n) is 13.7. The topological polar surface area (TPSA) is 70.2 Å². The molecule has 7 aromatic rings. The molecule has 0 atom stereocenters. The van der Waals surface area contributed by atoms with Crippen LogP contribution in [0, 0.1) is 6.92 Å². The highest BCUT2D eigenvalue weighted by Crippen LogP contribution is 2.40. The number of benzene rings is 4. The zero-order valence-corrected chi connectivity index (χ0v) is 23.0. The number of methoxy groups -OCH3 is 1. The lowest BCUT2D eigenvalue weighted by Gasteiger charge is -2.16. The number of hydrogen-bond acceptors (Lipinski definition) is 5. The van der Waals surface area contributed by atoms with E-state index in [0.29, 0.717) is 28.9 Å². The predicted octanol–water partition coefficient (Wildman–Crippen LogP) is 7.89. The van der Waals surface area contributed by atoms with Gasteiger partial charge in [0.05, 0.1) is 35.1 Å². The maximum Gasteiger partial charge on any atom is 0.345 e. The zero-order valence-electron chi connectivity index (χ0n) is 23.0. The number of pyridine rings is 1. The molecule has 41 heavy (non-hydrogen) atoms. The summed E-state index contributed by atoms with van der Waals surface area (Å²) in [4.78, 5) is 18.8. The van der Waals surface area contributed by atoms with Gasteiger partial charge in [0.1, 0.15) is 11.3 Å². The van der Waals surface area contributed by atoms with Gasteiger partial charge in [0, 0.05) is 5.39 Å². The van der Waals surface area contributed by atoms with E-state index in [1.54, 1.807) is 7.11 Å². The van der Waals surface area contributed by atoms with Gasteiger partial charge < -0.3 is 9.15 Å². The predicted molar refractivity (Wildman–Crippen MR) is 164 cm³/mol. The van der Waals surface area contributed by atoms with Crippen molar-refractivity contribution in [3.05, 3.63) is 119 Å². The maximum absolute atomic E-state index is 13.6. The number of fused-ring (bicyclic) bond motifs is 4. The first-order chi connectivity index (χ1) is 20.1. The monoisotopic (exact) mass is 537 g/mol. The first-order valence-corrected chi connectivity index (χ1v) is 13.7. The molecule has 3 heterocycles. The van der Waals surface area contributed by atoms with Crippen LogP contribution in [0.2, 0.25) is 0 Å². The molecule has 200 valence electrons. The molecule has 0 saturated heterocycles. The van der Waals surface area contributed by atoms with Gasteiger partial charge in [0.25, 0.3) is 0 Å². The van der Waals surface area contributed by atoms with E-state index in [4.69, 9.17) is 19.2 Å². The molecule has 0 saturated carbocycles. The number of aryl methyl sites for hydroxylation is 1. The quantitative estimate of drug-likeness (QED) is 0.165. The fourth-order valence-electron chi connectivity index (χ4n) is 5.78. The van der Waals surface area contributed by atoms with Crippen molar-refractivity contribution in [3.8, 4) is 33.8 Å². The molecule has 6 heteroatoms. The van der Waals surface area contributed by atoms with Crippen LogP contribution in [0.3, 0.4) is 0 Å². The third kappa shape index (κ3) is 3.99. The number of nitrogens with zero attached hydrogens (tertiary/aromatic N) is 3. The Bertz CT molecular complexity index is 2140. The van der Waals surface area contributed by atoms with E-state index in [0.717, 1.165) is 55.4 Å². The van der Waals surface area contributed by atoms with Crippen LogP contribution >= 0.6 is 0 Å². The zero-order chi connectivity index (χ0) is 28.1. The van der Waals surface area contributed by atoms with Crippen molar-refractivity contribution < 1.29 is 9.15 Å². The molecule has 0 fully saturated rings. The Balaban J connectivity index is 1.61. The number of para-hydroxylation sites is 1. The second kappa shape index (κ2) is 9.75. The molecule has 7 rings (SSSR count). The summed E-state index contributed by atoms with van der Waals surface area (Å²) in [6, 6.07) is 31.8. The smallest absolute Gasteiger partial charge is 0.345 e. The van der Waals surface area contributed by atoms with Gasteiger partial charge in [-0.3, -0.25) is 0 Å². The van der Waals surface area contributed by atoms with E-state index < -0.39 is 5.63 Å². The summed E-state index contributed by atoms with van der Waals surface area (Å²) in [5.74, 6) is 0.774. The van der Waals surface area contributed by atoms with Crippen molar-refractivity contribution in [1.82, 2.24) is 14.8 Å². The van der Waals surface area contributed by atoms with Crippen molar-refractivity contribution >= 4 is 32.8 Å². The molecule has 0 N–H and O–H groups in total. The van der Waals surface area contributed by atoms with Gasteiger partial charge >= 0.3 is 5.63 Å². The highest BCUT2D eigenvalue weighted by atomic mass is 16.5. The lowest BCUT2D eigenvalue weighted by atomic mass is 9.91. The molecule has 0 amide bonds. The summed E-state index contributed by atoms with van der Waals surface area (Å²) < 4.78 is 13.2. The van der Waals surface area contributed by atoms with Crippen LogP contribution in [0.5, 0.6) is 5.75 Å². The second-order valence-corrected chi connectivity index (χ2v) is 10.1. The Morgan fingerprint density at radius 1 is 0.878 bits per heavy atom. The molecule has 0 spiro atoms. The van der Waals surface area contributed by atoms with E-state index in [2.05, 4.69) is 19.1 Å². The van der Waals surface area contributed by atoms with Crippen molar-refractivity contribution in [1.29, 1.82) is 0 Å². The van der Waals surface area contributed by atoms with Crippen LogP contribution in [0.1, 0.15) is 18.2 Å². The van der Waals surface area contributed by atoms with Crippen LogP contribution in [0.25, 0.3) is 60.8 Å². The van der Waals surface area contributed by atoms with Crippen LogP contribution < -0.4 is 10.4 Å². The molecule has 0 aliphatic heterocycles. The van der Waals surface area contributed by atoms with E-state index in [-0.39, 0.29) is 0 Å². The normalized spacial score (nSPS) is 11.5. The van der Waals surface area contributed by atoms with Crippen molar-refractivity contribution in [3.63, 3.8) is 0 Å². The van der Waals surface area contributed by atoms with Gasteiger partial charge in [-0.1, -0.05) is 67.6 Å². The fourth-order valence-corrected chi connectivity index (χ4v) is 5.78. The third-order valence-corrected chi connectivity index (χ3v) is 7.72. The van der Waals surface area contributed by atoms with Crippen LogP contribution in [-0.4, -0.2) is 21.9 Å². The summed E-state index contributed by atoms with van der Waals surface area (Å²) in [5.41, 5.74) is 6.58. The molecule has 6 nitrogen and oxygen atoms in total. The van der Waals surface area contributed by atoms with Gasteiger partial charge in [-0.2, -0.15) is 5.10 Å². The SMILES string of the molecule is CCc1c(-c2cc3c(ccc4ccccc43)oc2=O)nc2c(c(C)nn2-c2ccccc2)c1-c1ccc(OC)cc1. The van der Waals surface area contributed by atoms with E-state index in [1.165, 1.54) is 0 Å². The summed E-state index contributed by atoms with van der Waals surface area (Å²) in [6.07, 6.45) is 0.655. The van der Waals surface area contributed by atoms with Gasteiger partial charge in [-0.25, -0.2) is 14.5 Å². The Morgan fingerprint density at radius 2 is 1.63 bits per heavy atom. The maximum atomic E-state index is 13.6. The average molecular weight is 538 g/mol. The third-order valence-electron chi connectivity index (χ3n) is 7.72. The van der Waals surface area contributed by atoms with Crippen LogP contribution in [-0.2, 0) is 6.42 Å². The molecule has 0 aliphatic carbocycles. The minimum Gasteiger partial charge on any atom is -0.497 e. The Labute approximate surface area is 236 Å². The number of hydrogen-bond donors (Lipinski definition) is 0. The average Bonchev–Trinajstić information content (AvgIpc) is 3.35. The minimum absolute atomic E-state index is 0.419. The highest BCUT2D eigenvalue weighted by molar-refractivity contribution is 6.07. The Hall–Kier alpha value is -5.23. The molecule has 4 aromatic carbocycles. The Kier molecular flexibility index (Phi) is 5.89. The first kappa shape index (κ1) is 24.8. The van der Waals surface area contributed by atoms with Crippen molar-refractivity contribution in [2.24, 2.45) is 0 Å². The lowest BCUT2D eigenvalue weighted by Crippen LogP contribution is -2.09. The molecule has 0 radical (unpaired) electrons. The molecular weight excluding hydrogens is 510 g/mol. The summed E-state index contributed by atoms with van der Waals surface area (Å²) in [6.45, 7) is 4.10. The molecule has 0 unspecified atom stereocenters. The van der Waals surface area contributed by atoms with Crippen LogP contribution in [0.15, 0.2) is 106 Å². The van der Waals surface area contributed by atoms with E-state index >= 15 is 0 Å². The van der Waals surface area contributed by atoms with Crippen molar-refractivity contribution in [2.45, 2.75) is 20.3 Å². The van der Waals surface area contributed by atoms with Crippen LogP contribution in [0.4, 0.5) is 0 Å². The molecule has 0 bridgehead atoms.